The summed E-state index contributed by atoms with van der Waals surface area (Å²) in [4.78, 5) is 4.45. The largest absolute Gasteiger partial charge is 0.508 e. The van der Waals surface area contributed by atoms with Gasteiger partial charge >= 0.3 is 0 Å². The summed E-state index contributed by atoms with van der Waals surface area (Å²) < 4.78 is 54.1. The molecule has 2 fully saturated rings. The highest BCUT2D eigenvalue weighted by Gasteiger charge is 2.65. The number of rotatable bonds is 5. The Morgan fingerprint density at radius 1 is 1.17 bits per heavy atom. The number of hydrogen-bond acceptors (Lipinski definition) is 7. The molecule has 1 aliphatic heterocycles. The maximum absolute atomic E-state index is 14.7. The highest BCUT2D eigenvalue weighted by atomic mass is 32.2. The van der Waals surface area contributed by atoms with Gasteiger partial charge in [-0.05, 0) is 53.2 Å². The molecule has 11 heteroatoms. The molecule has 2 aliphatic carbocycles. The first-order chi connectivity index (χ1) is 16.8. The van der Waals surface area contributed by atoms with Gasteiger partial charge in [-0.1, -0.05) is 12.1 Å². The molecule has 0 saturated heterocycles. The molecule has 0 bridgehead atoms. The Labute approximate surface area is 197 Å². The van der Waals surface area contributed by atoms with Crippen LogP contribution in [-0.2, 0) is 16.4 Å². The van der Waals surface area contributed by atoms with Crippen molar-refractivity contribution in [3.05, 3.63) is 70.2 Å². The zero-order valence-electron chi connectivity index (χ0n) is 18.0. The van der Waals surface area contributed by atoms with Crippen LogP contribution in [0.15, 0.2) is 42.9 Å². The minimum Gasteiger partial charge on any atom is -0.508 e. The number of fused-ring (bicyclic) bond motifs is 3. The number of aromatic hydroxyl groups is 1. The van der Waals surface area contributed by atoms with Crippen molar-refractivity contribution < 1.29 is 22.3 Å². The minimum absolute atomic E-state index is 0.0229. The van der Waals surface area contributed by atoms with Crippen LogP contribution in [0.4, 0.5) is 14.7 Å². The fourth-order valence-electron chi connectivity index (χ4n) is 5.08. The molecule has 7 rings (SSSR count). The number of anilines is 1. The molecule has 2 saturated carbocycles. The first kappa shape index (κ1) is 20.5. The predicted octanol–water partition coefficient (Wildman–Crippen LogP) is 2.18. The lowest BCUT2D eigenvalue weighted by atomic mass is 9.96. The van der Waals surface area contributed by atoms with E-state index >= 15 is 0 Å². The van der Waals surface area contributed by atoms with Gasteiger partial charge in [0.15, 0.2) is 5.65 Å². The van der Waals surface area contributed by atoms with Gasteiger partial charge in [0.2, 0.25) is 20.9 Å². The molecule has 3 heterocycles. The Kier molecular flexibility index (Phi) is 4.01. The average Bonchev–Trinajstić information content (AvgIpc) is 3.67. The number of aromatic nitrogens is 4. The predicted molar refractivity (Wildman–Crippen MR) is 123 cm³/mol. The molecule has 3 aliphatic rings. The van der Waals surface area contributed by atoms with Gasteiger partial charge in [0.05, 0.1) is 0 Å². The van der Waals surface area contributed by atoms with Crippen molar-refractivity contribution in [1.82, 2.24) is 19.6 Å². The van der Waals surface area contributed by atoms with Gasteiger partial charge in [0, 0.05) is 40.1 Å². The molecule has 0 amide bonds. The van der Waals surface area contributed by atoms with E-state index in [1.165, 1.54) is 24.5 Å². The summed E-state index contributed by atoms with van der Waals surface area (Å²) in [7, 11) is -4.05. The van der Waals surface area contributed by atoms with Gasteiger partial charge in [-0.3, -0.25) is 4.40 Å². The van der Waals surface area contributed by atoms with E-state index in [2.05, 4.69) is 20.5 Å². The molecule has 2 unspecified atom stereocenters. The first-order valence-corrected chi connectivity index (χ1v) is 12.6. The third kappa shape index (κ3) is 3.00. The molecule has 2 atom stereocenters. The van der Waals surface area contributed by atoms with Crippen LogP contribution in [0.25, 0.3) is 27.3 Å². The number of nitrogens with one attached hydrogen (secondary N) is 1. The zero-order chi connectivity index (χ0) is 24.1. The Bertz CT molecular complexity index is 1810. The fourth-order valence-corrected chi connectivity index (χ4v) is 6.21. The van der Waals surface area contributed by atoms with E-state index in [1.54, 1.807) is 22.7 Å². The van der Waals surface area contributed by atoms with Gasteiger partial charge in [-0.25, -0.2) is 17.8 Å². The van der Waals surface area contributed by atoms with Crippen molar-refractivity contribution in [1.29, 1.82) is 0 Å². The van der Waals surface area contributed by atoms with Crippen molar-refractivity contribution in [3.63, 3.8) is 0 Å². The topological polar surface area (TPSA) is 109 Å². The van der Waals surface area contributed by atoms with Gasteiger partial charge in [-0.2, -0.15) is 4.39 Å². The molecule has 0 radical (unpaired) electrons. The number of nitrogens with zero attached hydrogens (tertiary/aromatic N) is 4. The van der Waals surface area contributed by atoms with Crippen molar-refractivity contribution in [3.8, 4) is 16.9 Å². The summed E-state index contributed by atoms with van der Waals surface area (Å²) in [6.45, 7) is 0.117. The van der Waals surface area contributed by atoms with E-state index in [1.807, 2.05) is 0 Å². The van der Waals surface area contributed by atoms with Crippen molar-refractivity contribution in [2.24, 2.45) is 11.8 Å². The number of phenols is 1. The van der Waals surface area contributed by atoms with E-state index in [9.17, 15) is 22.3 Å². The summed E-state index contributed by atoms with van der Waals surface area (Å²) in [5.41, 5.74) is 2.69. The second-order valence-electron chi connectivity index (χ2n) is 9.16. The Morgan fingerprint density at radius 2 is 2.00 bits per heavy atom. The molecular formula is C24H17F2N5O3S. The van der Waals surface area contributed by atoms with Crippen molar-refractivity contribution in [2.75, 3.05) is 5.32 Å². The number of halogens is 2. The number of benzene rings is 2. The molecule has 0 spiro atoms. The van der Waals surface area contributed by atoms with Crippen LogP contribution >= 0.6 is 0 Å². The molecule has 4 aromatic rings. The van der Waals surface area contributed by atoms with Crippen molar-refractivity contribution >= 4 is 32.0 Å². The van der Waals surface area contributed by atoms with Gasteiger partial charge < -0.3 is 10.4 Å². The molecule has 2 N–H and O–H groups in total. The van der Waals surface area contributed by atoms with E-state index in [-0.39, 0.29) is 34.5 Å². The molecule has 176 valence electrons. The summed E-state index contributed by atoms with van der Waals surface area (Å²) >= 11 is 0. The number of sulfone groups is 1. The second-order valence-corrected chi connectivity index (χ2v) is 10.8. The van der Waals surface area contributed by atoms with Crippen LogP contribution in [-0.4, -0.2) is 33.1 Å². The van der Waals surface area contributed by atoms with E-state index in [0.29, 0.717) is 45.7 Å². The lowest BCUT2D eigenvalue weighted by Crippen LogP contribution is -2.22. The second kappa shape index (κ2) is 6.85. The van der Waals surface area contributed by atoms with Crippen LogP contribution in [0, 0.1) is 17.7 Å². The maximum atomic E-state index is 14.7. The minimum atomic E-state index is -4.05. The molecule has 8 nitrogen and oxygen atoms in total. The lowest BCUT2D eigenvalue weighted by molar-refractivity contribution is 0.459. The van der Waals surface area contributed by atoms with Crippen LogP contribution in [0.2, 0.25) is 0 Å². The third-order valence-corrected chi connectivity index (χ3v) is 8.43. The fraction of sp³-hybridized carbons (Fsp3) is 0.208. The van der Waals surface area contributed by atoms with Crippen LogP contribution < -0.4 is 15.8 Å². The zero-order valence-corrected chi connectivity index (χ0v) is 18.8. The quantitative estimate of drug-likeness (QED) is 0.439. The third-order valence-electron chi connectivity index (χ3n) is 7.15. The molecule has 35 heavy (non-hydrogen) atoms. The average molecular weight is 493 g/mol. The Hall–Kier alpha value is -3.86. The lowest BCUT2D eigenvalue weighted by Gasteiger charge is -2.16. The van der Waals surface area contributed by atoms with Crippen LogP contribution in [0.3, 0.4) is 0 Å². The van der Waals surface area contributed by atoms with E-state index in [4.69, 9.17) is 0 Å². The van der Waals surface area contributed by atoms with Crippen LogP contribution in [0.5, 0.6) is 5.75 Å². The SMILES string of the molecule is O=S1(=O)C=c2cc(-c3cnc(NCc4c(F)ccc(O)c4C4C5CC54)n4cnnc34)ccc2=C1F. The molecule has 2 aromatic carbocycles. The summed E-state index contributed by atoms with van der Waals surface area (Å²) in [6, 6.07) is 7.24. The summed E-state index contributed by atoms with van der Waals surface area (Å²) in [6.07, 6.45) is 4.14. The molecular weight excluding hydrogens is 476 g/mol. The summed E-state index contributed by atoms with van der Waals surface area (Å²) in [5.74, 6) is 1.42. The number of hydrogen-bond donors (Lipinski definition) is 2. The van der Waals surface area contributed by atoms with E-state index < -0.39 is 15.0 Å². The van der Waals surface area contributed by atoms with E-state index in [0.717, 1.165) is 11.8 Å². The van der Waals surface area contributed by atoms with Gasteiger partial charge in [0.25, 0.3) is 0 Å². The standard InChI is InChI=1S/C24H17F2N5O3S/c25-18-3-4-19(32)21(20-14-6-15(14)20)17(18)8-28-24-27-7-16(23-30-29-10-31(23)24)11-1-2-13-12(5-11)9-35(33,34)22(13)26/h1-5,7,9-10,14-15,20,32H,6,8H2,(H,27,28). The van der Waals surface area contributed by atoms with Crippen LogP contribution in [0.1, 0.15) is 23.5 Å². The summed E-state index contributed by atoms with van der Waals surface area (Å²) in [5, 5.41) is 21.7. The smallest absolute Gasteiger partial charge is 0.227 e. The first-order valence-electron chi connectivity index (χ1n) is 11.0. The maximum Gasteiger partial charge on any atom is 0.227 e. The Morgan fingerprint density at radius 3 is 2.77 bits per heavy atom. The van der Waals surface area contributed by atoms with Gasteiger partial charge in [0.1, 0.15) is 17.9 Å². The highest BCUT2D eigenvalue weighted by molar-refractivity contribution is 8.06. The normalized spacial score (nSPS) is 23.0. The highest BCUT2D eigenvalue weighted by Crippen LogP contribution is 2.74. The number of phenolic OH excluding ortho intramolecular Hbond substituents is 1. The van der Waals surface area contributed by atoms with Crippen molar-refractivity contribution in [2.45, 2.75) is 18.9 Å². The Balaban J connectivity index is 1.25. The molecule has 2 aromatic heterocycles. The monoisotopic (exact) mass is 493 g/mol. The van der Waals surface area contributed by atoms with Gasteiger partial charge in [-0.15, -0.1) is 10.2 Å².